The van der Waals surface area contributed by atoms with Crippen molar-refractivity contribution in [1.82, 2.24) is 4.90 Å². The van der Waals surface area contributed by atoms with Gasteiger partial charge in [-0.3, -0.25) is 4.90 Å². The third-order valence-electron chi connectivity index (χ3n) is 5.67. The van der Waals surface area contributed by atoms with E-state index in [1.54, 1.807) is 30.3 Å². The maximum Gasteiger partial charge on any atom is 0.410 e. The monoisotopic (exact) mass is 477 g/mol. The lowest BCUT2D eigenvalue weighted by molar-refractivity contribution is 0.0907. The molecule has 0 aromatic heterocycles. The minimum absolute atomic E-state index is 0.0224. The molecule has 1 heterocycles. The minimum atomic E-state index is -2.29. The summed E-state index contributed by atoms with van der Waals surface area (Å²) in [5.41, 5.74) is -0.225. The number of hydrogen-bond donors (Lipinski definition) is 0. The second kappa shape index (κ2) is 9.24. The second-order valence-electron chi connectivity index (χ2n) is 7.78. The summed E-state index contributed by atoms with van der Waals surface area (Å²) in [5, 5.41) is 0. The van der Waals surface area contributed by atoms with Crippen molar-refractivity contribution in [2.45, 2.75) is 18.6 Å². The van der Waals surface area contributed by atoms with Gasteiger partial charge in [0, 0.05) is 18.0 Å². The Morgan fingerprint density at radius 2 is 1.41 bits per heavy atom. The van der Waals surface area contributed by atoms with Gasteiger partial charge in [-0.15, -0.1) is 0 Å². The van der Waals surface area contributed by atoms with Gasteiger partial charge in [0.15, 0.2) is 23.3 Å². The van der Waals surface area contributed by atoms with E-state index in [1.807, 2.05) is 0 Å². The minimum Gasteiger partial charge on any atom is -0.445 e. The van der Waals surface area contributed by atoms with Gasteiger partial charge in [-0.05, 0) is 28.8 Å². The van der Waals surface area contributed by atoms with Crippen LogP contribution in [0.2, 0.25) is 0 Å². The Balaban J connectivity index is 1.77. The van der Waals surface area contributed by atoms with Crippen LogP contribution in [0.1, 0.15) is 28.7 Å². The van der Waals surface area contributed by atoms with E-state index in [-0.39, 0.29) is 24.3 Å². The maximum atomic E-state index is 14.7. The van der Waals surface area contributed by atoms with Crippen molar-refractivity contribution in [1.29, 1.82) is 0 Å². The Bertz CT molecular complexity index is 1220. The van der Waals surface area contributed by atoms with Gasteiger partial charge in [0.05, 0.1) is 6.04 Å². The third kappa shape index (κ3) is 4.13. The fourth-order valence-corrected chi connectivity index (χ4v) is 4.09. The lowest BCUT2D eigenvalue weighted by Crippen LogP contribution is -2.32. The van der Waals surface area contributed by atoms with Gasteiger partial charge in [0.25, 0.3) is 0 Å². The molecule has 3 aromatic rings. The molecule has 0 radical (unpaired) electrons. The predicted octanol–water partition coefficient (Wildman–Crippen LogP) is 6.55. The zero-order valence-electron chi connectivity index (χ0n) is 17.5. The number of carbonyl (C=O) groups excluding carboxylic acids is 1. The summed E-state index contributed by atoms with van der Waals surface area (Å²) in [5.74, 6) is -12.7. The quantitative estimate of drug-likeness (QED) is 0.185. The first-order valence-electron chi connectivity index (χ1n) is 10.1. The number of benzene rings is 3. The number of likely N-dealkylation sites (tertiary alicyclic amines) is 1. The Hall–Kier alpha value is -3.75. The van der Waals surface area contributed by atoms with Crippen LogP contribution in [0.4, 0.5) is 31.1 Å². The number of halogens is 6. The molecule has 0 bridgehead atoms. The van der Waals surface area contributed by atoms with Gasteiger partial charge < -0.3 is 4.74 Å². The summed E-state index contributed by atoms with van der Waals surface area (Å²) in [6.07, 6.45) is -0.898. The molecule has 1 fully saturated rings. The number of amides is 1. The molecule has 1 aliphatic rings. The van der Waals surface area contributed by atoms with Crippen LogP contribution in [-0.2, 0) is 11.3 Å². The molecular formula is C25H17F6NO2. The van der Waals surface area contributed by atoms with Crippen LogP contribution in [0.3, 0.4) is 0 Å². The molecule has 1 amide bonds. The van der Waals surface area contributed by atoms with E-state index in [0.29, 0.717) is 5.56 Å². The fourth-order valence-electron chi connectivity index (χ4n) is 4.09. The molecule has 0 spiro atoms. The summed E-state index contributed by atoms with van der Waals surface area (Å²) in [4.78, 5) is 14.0. The summed E-state index contributed by atoms with van der Waals surface area (Å²) >= 11 is 0. The first-order chi connectivity index (χ1) is 16.2. The average molecular weight is 477 g/mol. The lowest BCUT2D eigenvalue weighted by atomic mass is 9.84. The van der Waals surface area contributed by atoms with Gasteiger partial charge in [-0.1, -0.05) is 49.0 Å². The molecule has 0 unspecified atom stereocenters. The number of nitrogens with zero attached hydrogens (tertiary/aromatic N) is 1. The molecule has 3 nitrogen and oxygen atoms in total. The highest BCUT2D eigenvalue weighted by molar-refractivity contribution is 5.70. The van der Waals surface area contributed by atoms with E-state index in [9.17, 15) is 31.1 Å². The van der Waals surface area contributed by atoms with Crippen LogP contribution in [0.15, 0.2) is 66.7 Å². The number of ether oxygens (including phenoxy) is 1. The maximum absolute atomic E-state index is 14.7. The van der Waals surface area contributed by atoms with Gasteiger partial charge in [-0.2, -0.15) is 0 Å². The van der Waals surface area contributed by atoms with Crippen LogP contribution >= 0.6 is 0 Å². The molecule has 0 aliphatic carbocycles. The van der Waals surface area contributed by atoms with Crippen LogP contribution in [-0.4, -0.2) is 17.5 Å². The van der Waals surface area contributed by atoms with E-state index in [1.165, 1.54) is 12.1 Å². The van der Waals surface area contributed by atoms with Crippen molar-refractivity contribution >= 4 is 6.09 Å². The Kier molecular flexibility index (Phi) is 6.37. The lowest BCUT2D eigenvalue weighted by Gasteiger charge is -2.28. The van der Waals surface area contributed by atoms with Crippen molar-refractivity contribution in [3.05, 3.63) is 118 Å². The summed E-state index contributed by atoms with van der Waals surface area (Å²) < 4.78 is 89.9. The Morgan fingerprint density at radius 1 is 0.853 bits per heavy atom. The largest absolute Gasteiger partial charge is 0.445 e. The molecule has 1 aliphatic heterocycles. The first kappa shape index (κ1) is 23.4. The van der Waals surface area contributed by atoms with Crippen molar-refractivity contribution in [2.24, 2.45) is 0 Å². The molecular weight excluding hydrogens is 460 g/mol. The Morgan fingerprint density at radius 3 is 2.00 bits per heavy atom. The summed E-state index contributed by atoms with van der Waals surface area (Å²) in [7, 11) is 0. The van der Waals surface area contributed by atoms with Gasteiger partial charge in [-0.25, -0.2) is 31.1 Å². The van der Waals surface area contributed by atoms with Crippen LogP contribution in [0, 0.1) is 34.9 Å². The predicted molar refractivity (Wildman–Crippen MR) is 111 cm³/mol. The molecule has 9 heteroatoms. The summed E-state index contributed by atoms with van der Waals surface area (Å²) in [6, 6.07) is 12.0. The highest BCUT2D eigenvalue weighted by atomic mass is 19.2. The van der Waals surface area contributed by atoms with Crippen LogP contribution in [0.5, 0.6) is 0 Å². The molecule has 4 rings (SSSR count). The molecule has 176 valence electrons. The first-order valence-corrected chi connectivity index (χ1v) is 10.1. The molecule has 1 saturated heterocycles. The van der Waals surface area contributed by atoms with E-state index >= 15 is 0 Å². The molecule has 2 atom stereocenters. The van der Waals surface area contributed by atoms with Gasteiger partial charge in [0.2, 0.25) is 5.82 Å². The highest BCUT2D eigenvalue weighted by Crippen LogP contribution is 2.48. The normalized spacial score (nSPS) is 17.8. The number of carbonyl (C=O) groups is 1. The SMILES string of the molecule is C=C1CN(C(=O)OCc2ccccc2)[C@@H](c2ccc(F)cc2)[C@H]1c1c(F)c(F)c(F)c(F)c1F. The van der Waals surface area contributed by atoms with Crippen molar-refractivity contribution in [3.63, 3.8) is 0 Å². The number of hydrogen-bond acceptors (Lipinski definition) is 2. The molecule has 3 aromatic carbocycles. The van der Waals surface area contributed by atoms with Crippen LogP contribution in [0.25, 0.3) is 0 Å². The van der Waals surface area contributed by atoms with Crippen molar-refractivity contribution in [3.8, 4) is 0 Å². The molecule has 0 saturated carbocycles. The highest BCUT2D eigenvalue weighted by Gasteiger charge is 2.46. The standard InChI is InChI=1S/C25H17F6NO2/c1-13-11-32(25(33)34-12-14-5-3-2-4-6-14)24(15-7-9-16(26)10-8-15)17(13)18-19(27)21(29)23(31)22(30)20(18)28/h2-10,17,24H,1,11-12H2/t17-,24+/m1/s1. The van der Waals surface area contributed by atoms with E-state index in [4.69, 9.17) is 4.74 Å². The second-order valence-corrected chi connectivity index (χ2v) is 7.78. The van der Waals surface area contributed by atoms with Crippen LogP contribution < -0.4 is 0 Å². The zero-order chi connectivity index (χ0) is 24.6. The average Bonchev–Trinajstić information content (AvgIpc) is 3.18. The molecule has 0 N–H and O–H groups in total. The van der Waals surface area contributed by atoms with Crippen molar-refractivity contribution in [2.75, 3.05) is 6.54 Å². The summed E-state index contributed by atoms with van der Waals surface area (Å²) in [6.45, 7) is 3.33. The topological polar surface area (TPSA) is 29.5 Å². The van der Waals surface area contributed by atoms with Gasteiger partial charge >= 0.3 is 6.09 Å². The zero-order valence-corrected chi connectivity index (χ0v) is 17.5. The van der Waals surface area contributed by atoms with Gasteiger partial charge in [0.1, 0.15) is 12.4 Å². The number of rotatable bonds is 4. The Labute approximate surface area is 190 Å². The van der Waals surface area contributed by atoms with E-state index in [0.717, 1.165) is 17.0 Å². The van der Waals surface area contributed by atoms with E-state index in [2.05, 4.69) is 6.58 Å². The smallest absolute Gasteiger partial charge is 0.410 e. The van der Waals surface area contributed by atoms with Crippen molar-refractivity contribution < 1.29 is 35.9 Å². The molecule has 34 heavy (non-hydrogen) atoms. The fraction of sp³-hybridized carbons (Fsp3) is 0.160. The third-order valence-corrected chi connectivity index (χ3v) is 5.67. The van der Waals surface area contributed by atoms with E-state index < -0.39 is 58.5 Å².